The molecule has 0 radical (unpaired) electrons. The van der Waals surface area contributed by atoms with E-state index in [1.165, 1.54) is 19.2 Å². The third kappa shape index (κ3) is 2.80. The highest BCUT2D eigenvalue weighted by atomic mass is 19.1. The summed E-state index contributed by atoms with van der Waals surface area (Å²) in [4.78, 5) is 4.25. The number of ether oxygens (including phenoxy) is 1. The number of nitrogens with one attached hydrogen (secondary N) is 1. The van der Waals surface area contributed by atoms with E-state index in [1.807, 2.05) is 6.92 Å². The Morgan fingerprint density at radius 2 is 2.11 bits per heavy atom. The van der Waals surface area contributed by atoms with Gasteiger partial charge >= 0.3 is 0 Å². The Kier molecular flexibility index (Phi) is 3.62. The quantitative estimate of drug-likeness (QED) is 0.917. The van der Waals surface area contributed by atoms with E-state index >= 15 is 0 Å². The lowest BCUT2D eigenvalue weighted by Gasteiger charge is -2.11. The standard InChI is InChI=1S/C14H12FN3O/c1-9-3-4-10(8-16)14(17-9)18-12-6-5-11(15)7-13(12)19-2/h3-7H,1-2H3,(H,17,18). The summed E-state index contributed by atoms with van der Waals surface area (Å²) in [6.07, 6.45) is 0. The Bertz CT molecular complexity index is 650. The first-order chi connectivity index (χ1) is 9.13. The second-order valence-corrected chi connectivity index (χ2v) is 3.93. The summed E-state index contributed by atoms with van der Waals surface area (Å²) in [7, 11) is 1.45. The predicted molar refractivity (Wildman–Crippen MR) is 69.9 cm³/mol. The van der Waals surface area contributed by atoms with Crippen molar-refractivity contribution >= 4 is 11.5 Å². The molecule has 2 rings (SSSR count). The number of aryl methyl sites for hydroxylation is 1. The number of nitriles is 1. The Balaban J connectivity index is 2.41. The van der Waals surface area contributed by atoms with Crippen molar-refractivity contribution in [3.63, 3.8) is 0 Å². The molecule has 96 valence electrons. The molecule has 1 N–H and O–H groups in total. The number of methoxy groups -OCH3 is 1. The average Bonchev–Trinajstić information content (AvgIpc) is 2.41. The van der Waals surface area contributed by atoms with Gasteiger partial charge < -0.3 is 10.1 Å². The first-order valence-corrected chi connectivity index (χ1v) is 5.62. The Morgan fingerprint density at radius 1 is 1.32 bits per heavy atom. The van der Waals surface area contributed by atoms with Gasteiger partial charge in [0.15, 0.2) is 0 Å². The molecule has 0 amide bonds. The minimum Gasteiger partial charge on any atom is -0.494 e. The van der Waals surface area contributed by atoms with Crippen LogP contribution in [-0.4, -0.2) is 12.1 Å². The zero-order valence-electron chi connectivity index (χ0n) is 10.6. The largest absolute Gasteiger partial charge is 0.494 e. The number of hydrogen-bond donors (Lipinski definition) is 1. The molecule has 0 fully saturated rings. The highest BCUT2D eigenvalue weighted by Gasteiger charge is 2.09. The van der Waals surface area contributed by atoms with Gasteiger partial charge in [-0.25, -0.2) is 9.37 Å². The van der Waals surface area contributed by atoms with E-state index in [-0.39, 0.29) is 5.82 Å². The van der Waals surface area contributed by atoms with Crippen LogP contribution in [0.3, 0.4) is 0 Å². The van der Waals surface area contributed by atoms with E-state index < -0.39 is 0 Å². The van der Waals surface area contributed by atoms with E-state index in [9.17, 15) is 4.39 Å². The number of rotatable bonds is 3. The van der Waals surface area contributed by atoms with Crippen LogP contribution in [0.15, 0.2) is 30.3 Å². The minimum atomic E-state index is -0.389. The van der Waals surface area contributed by atoms with Crippen LogP contribution in [0.1, 0.15) is 11.3 Å². The molecule has 0 aliphatic carbocycles. The van der Waals surface area contributed by atoms with Gasteiger partial charge in [0.1, 0.15) is 23.5 Å². The van der Waals surface area contributed by atoms with E-state index in [1.54, 1.807) is 18.2 Å². The maximum absolute atomic E-state index is 13.1. The van der Waals surface area contributed by atoms with Crippen LogP contribution in [0, 0.1) is 24.1 Å². The highest BCUT2D eigenvalue weighted by molar-refractivity contribution is 5.68. The predicted octanol–water partition coefficient (Wildman–Crippen LogP) is 3.15. The topological polar surface area (TPSA) is 57.9 Å². The summed E-state index contributed by atoms with van der Waals surface area (Å²) in [5.41, 5.74) is 1.75. The van der Waals surface area contributed by atoms with Gasteiger partial charge in [-0.3, -0.25) is 0 Å². The van der Waals surface area contributed by atoms with Crippen molar-refractivity contribution < 1.29 is 9.13 Å². The van der Waals surface area contributed by atoms with Gasteiger partial charge in [0, 0.05) is 11.8 Å². The van der Waals surface area contributed by atoms with Crippen molar-refractivity contribution in [2.45, 2.75) is 6.92 Å². The Hall–Kier alpha value is -2.61. The van der Waals surface area contributed by atoms with Crippen LogP contribution in [-0.2, 0) is 0 Å². The van der Waals surface area contributed by atoms with Crippen molar-refractivity contribution in [1.82, 2.24) is 4.98 Å². The molecule has 5 heteroatoms. The van der Waals surface area contributed by atoms with Crippen molar-refractivity contribution in [3.8, 4) is 11.8 Å². The van der Waals surface area contributed by atoms with Crippen LogP contribution in [0.2, 0.25) is 0 Å². The zero-order valence-corrected chi connectivity index (χ0v) is 10.6. The fraction of sp³-hybridized carbons (Fsp3) is 0.143. The molecule has 1 aromatic carbocycles. The van der Waals surface area contributed by atoms with Crippen LogP contribution in [0.25, 0.3) is 0 Å². The first kappa shape index (κ1) is 12.8. The van der Waals surface area contributed by atoms with Gasteiger partial charge in [0.2, 0.25) is 0 Å². The normalized spacial score (nSPS) is 9.79. The van der Waals surface area contributed by atoms with Crippen LogP contribution in [0.5, 0.6) is 5.75 Å². The fourth-order valence-corrected chi connectivity index (χ4v) is 1.64. The second-order valence-electron chi connectivity index (χ2n) is 3.93. The third-order valence-corrected chi connectivity index (χ3v) is 2.57. The second kappa shape index (κ2) is 5.36. The van der Waals surface area contributed by atoms with Gasteiger partial charge in [-0.15, -0.1) is 0 Å². The number of nitrogens with zero attached hydrogens (tertiary/aromatic N) is 2. The molecule has 0 saturated carbocycles. The number of hydrogen-bond acceptors (Lipinski definition) is 4. The monoisotopic (exact) mass is 257 g/mol. The molecule has 0 bridgehead atoms. The SMILES string of the molecule is COc1cc(F)ccc1Nc1nc(C)ccc1C#N. The lowest BCUT2D eigenvalue weighted by Crippen LogP contribution is -2.00. The number of aromatic nitrogens is 1. The van der Waals surface area contributed by atoms with Gasteiger partial charge in [0.25, 0.3) is 0 Å². The number of pyridine rings is 1. The van der Waals surface area contributed by atoms with E-state index in [0.29, 0.717) is 22.8 Å². The van der Waals surface area contributed by atoms with Crippen molar-refractivity contribution in [1.29, 1.82) is 5.26 Å². The fourth-order valence-electron chi connectivity index (χ4n) is 1.64. The molecule has 1 heterocycles. The molecule has 0 unspecified atom stereocenters. The molecule has 0 atom stereocenters. The Morgan fingerprint density at radius 3 is 2.79 bits per heavy atom. The summed E-state index contributed by atoms with van der Waals surface area (Å²) in [6.45, 7) is 1.83. The van der Waals surface area contributed by atoms with Crippen LogP contribution < -0.4 is 10.1 Å². The highest BCUT2D eigenvalue weighted by Crippen LogP contribution is 2.28. The summed E-state index contributed by atoms with van der Waals surface area (Å²) in [6, 6.07) is 9.61. The molecule has 2 aromatic rings. The molecule has 1 aromatic heterocycles. The molecule has 0 aliphatic rings. The maximum Gasteiger partial charge on any atom is 0.148 e. The van der Waals surface area contributed by atoms with E-state index in [0.717, 1.165) is 5.69 Å². The Labute approximate surface area is 110 Å². The molecule has 0 aliphatic heterocycles. The van der Waals surface area contributed by atoms with Crippen LogP contribution in [0.4, 0.5) is 15.9 Å². The minimum absolute atomic E-state index is 0.354. The van der Waals surface area contributed by atoms with Crippen molar-refractivity contribution in [3.05, 3.63) is 47.4 Å². The molecule has 4 nitrogen and oxygen atoms in total. The summed E-state index contributed by atoms with van der Waals surface area (Å²) < 4.78 is 18.2. The van der Waals surface area contributed by atoms with Gasteiger partial charge in [0.05, 0.1) is 18.4 Å². The van der Waals surface area contributed by atoms with Crippen molar-refractivity contribution in [2.24, 2.45) is 0 Å². The number of anilines is 2. The maximum atomic E-state index is 13.1. The molecule has 0 saturated heterocycles. The van der Waals surface area contributed by atoms with Crippen molar-refractivity contribution in [2.75, 3.05) is 12.4 Å². The summed E-state index contributed by atoms with van der Waals surface area (Å²) in [5, 5.41) is 12.0. The molecular formula is C14H12FN3O. The van der Waals surface area contributed by atoms with Gasteiger partial charge in [-0.05, 0) is 31.2 Å². The third-order valence-electron chi connectivity index (χ3n) is 2.57. The van der Waals surface area contributed by atoms with Gasteiger partial charge in [-0.1, -0.05) is 0 Å². The molecule has 19 heavy (non-hydrogen) atoms. The molecular weight excluding hydrogens is 245 g/mol. The van der Waals surface area contributed by atoms with Crippen LogP contribution >= 0.6 is 0 Å². The average molecular weight is 257 g/mol. The van der Waals surface area contributed by atoms with Gasteiger partial charge in [-0.2, -0.15) is 5.26 Å². The molecule has 0 spiro atoms. The smallest absolute Gasteiger partial charge is 0.148 e. The number of benzene rings is 1. The lowest BCUT2D eigenvalue weighted by atomic mass is 10.2. The summed E-state index contributed by atoms with van der Waals surface area (Å²) >= 11 is 0. The summed E-state index contributed by atoms with van der Waals surface area (Å²) in [5.74, 6) is 0.389. The van der Waals surface area contributed by atoms with E-state index in [2.05, 4.69) is 16.4 Å². The lowest BCUT2D eigenvalue weighted by molar-refractivity contribution is 0.413. The zero-order chi connectivity index (χ0) is 13.8. The first-order valence-electron chi connectivity index (χ1n) is 5.62. The van der Waals surface area contributed by atoms with E-state index in [4.69, 9.17) is 10.00 Å². The number of halogens is 1.